The first kappa shape index (κ1) is 6.13. The zero-order chi connectivity index (χ0) is 6.69. The molecule has 0 atom stereocenters. The van der Waals surface area contributed by atoms with Gasteiger partial charge in [0.15, 0.2) is 5.00 Å². The summed E-state index contributed by atoms with van der Waals surface area (Å²) in [4.78, 5) is 13.1. The van der Waals surface area contributed by atoms with Crippen molar-refractivity contribution in [1.29, 1.82) is 0 Å². The van der Waals surface area contributed by atoms with Crippen LogP contribution >= 0.6 is 11.5 Å². The minimum absolute atomic E-state index is 0.644. The SMILES string of the molecule is Cc1cnsc1N=C=O. The number of carbonyl (C=O) groups excluding carboxylic acids is 1. The van der Waals surface area contributed by atoms with E-state index in [-0.39, 0.29) is 0 Å². The lowest BCUT2D eigenvalue weighted by Crippen LogP contribution is -1.58. The van der Waals surface area contributed by atoms with Crippen LogP contribution in [0.25, 0.3) is 0 Å². The van der Waals surface area contributed by atoms with Crippen molar-refractivity contribution >= 4 is 22.6 Å². The Kier molecular flexibility index (Phi) is 1.72. The normalized spacial score (nSPS) is 8.56. The standard InChI is InChI=1S/C5H4N2OS/c1-4-2-7-9-5(4)6-3-8/h2H,1H3. The van der Waals surface area contributed by atoms with Gasteiger partial charge in [0.05, 0.1) is 0 Å². The molecule has 0 saturated carbocycles. The van der Waals surface area contributed by atoms with E-state index in [1.165, 1.54) is 17.6 Å². The average Bonchev–Trinajstić information content (AvgIpc) is 2.18. The predicted molar refractivity (Wildman–Crippen MR) is 34.6 cm³/mol. The van der Waals surface area contributed by atoms with Crippen molar-refractivity contribution in [1.82, 2.24) is 4.37 Å². The van der Waals surface area contributed by atoms with Crippen LogP contribution < -0.4 is 0 Å². The largest absolute Gasteiger partial charge is 0.241 e. The molecule has 0 saturated heterocycles. The zero-order valence-corrected chi connectivity index (χ0v) is 5.60. The highest BCUT2D eigenvalue weighted by molar-refractivity contribution is 7.10. The summed E-state index contributed by atoms with van der Waals surface area (Å²) in [7, 11) is 0. The Labute approximate surface area is 56.2 Å². The molecule has 1 aromatic heterocycles. The maximum absolute atomic E-state index is 9.71. The lowest BCUT2D eigenvalue weighted by Gasteiger charge is -1.77. The van der Waals surface area contributed by atoms with Gasteiger partial charge >= 0.3 is 0 Å². The Morgan fingerprint density at radius 2 is 2.67 bits per heavy atom. The van der Waals surface area contributed by atoms with Gasteiger partial charge in [-0.15, -0.1) is 0 Å². The Bertz CT molecular complexity index is 249. The van der Waals surface area contributed by atoms with Gasteiger partial charge in [-0.05, 0) is 18.5 Å². The van der Waals surface area contributed by atoms with Gasteiger partial charge in [0.2, 0.25) is 6.08 Å². The van der Waals surface area contributed by atoms with Gasteiger partial charge in [0.25, 0.3) is 0 Å². The first-order valence-electron chi connectivity index (χ1n) is 2.33. The maximum atomic E-state index is 9.71. The molecule has 1 rings (SSSR count). The minimum atomic E-state index is 0.644. The molecule has 0 fully saturated rings. The summed E-state index contributed by atoms with van der Waals surface area (Å²) in [6, 6.07) is 0. The molecule has 4 heteroatoms. The third-order valence-electron chi connectivity index (χ3n) is 0.870. The second kappa shape index (κ2) is 2.53. The van der Waals surface area contributed by atoms with E-state index in [4.69, 9.17) is 0 Å². The minimum Gasteiger partial charge on any atom is -0.211 e. The van der Waals surface area contributed by atoms with Gasteiger partial charge < -0.3 is 0 Å². The van der Waals surface area contributed by atoms with Crippen LogP contribution in [0.15, 0.2) is 11.2 Å². The van der Waals surface area contributed by atoms with Gasteiger partial charge in [0.1, 0.15) is 0 Å². The highest BCUT2D eigenvalue weighted by Gasteiger charge is 1.95. The number of hydrogen-bond donors (Lipinski definition) is 0. The fraction of sp³-hybridized carbons (Fsp3) is 0.200. The lowest BCUT2D eigenvalue weighted by molar-refractivity contribution is 0.565. The van der Waals surface area contributed by atoms with E-state index >= 15 is 0 Å². The second-order valence-electron chi connectivity index (χ2n) is 1.52. The molecular weight excluding hydrogens is 136 g/mol. The molecule has 1 heterocycles. The van der Waals surface area contributed by atoms with Crippen molar-refractivity contribution in [2.45, 2.75) is 6.92 Å². The van der Waals surface area contributed by atoms with Crippen molar-refractivity contribution in [3.63, 3.8) is 0 Å². The Hall–Kier alpha value is -0.990. The maximum Gasteiger partial charge on any atom is 0.241 e. The van der Waals surface area contributed by atoms with E-state index in [2.05, 4.69) is 9.37 Å². The van der Waals surface area contributed by atoms with Crippen molar-refractivity contribution in [2.75, 3.05) is 0 Å². The van der Waals surface area contributed by atoms with Gasteiger partial charge in [0, 0.05) is 11.8 Å². The van der Waals surface area contributed by atoms with Gasteiger partial charge in [-0.3, -0.25) is 0 Å². The van der Waals surface area contributed by atoms with Crippen LogP contribution in [-0.2, 0) is 4.79 Å². The van der Waals surface area contributed by atoms with Crippen LogP contribution in [0.3, 0.4) is 0 Å². The summed E-state index contributed by atoms with van der Waals surface area (Å²) in [6.45, 7) is 1.85. The molecule has 0 unspecified atom stereocenters. The van der Waals surface area contributed by atoms with E-state index in [0.29, 0.717) is 5.00 Å². The average molecular weight is 140 g/mol. The van der Waals surface area contributed by atoms with E-state index in [0.717, 1.165) is 5.56 Å². The van der Waals surface area contributed by atoms with Crippen molar-refractivity contribution in [3.8, 4) is 0 Å². The van der Waals surface area contributed by atoms with Crippen molar-refractivity contribution in [2.24, 2.45) is 4.99 Å². The van der Waals surface area contributed by atoms with Gasteiger partial charge in [-0.25, -0.2) is 4.79 Å². The van der Waals surface area contributed by atoms with Crippen LogP contribution in [0.1, 0.15) is 5.56 Å². The summed E-state index contributed by atoms with van der Waals surface area (Å²) in [5, 5.41) is 0.644. The first-order chi connectivity index (χ1) is 4.34. The van der Waals surface area contributed by atoms with Crippen molar-refractivity contribution in [3.05, 3.63) is 11.8 Å². The molecule has 0 aliphatic carbocycles. The quantitative estimate of drug-likeness (QED) is 0.437. The van der Waals surface area contributed by atoms with Crippen LogP contribution in [0, 0.1) is 6.92 Å². The summed E-state index contributed by atoms with van der Waals surface area (Å²) in [5.74, 6) is 0. The zero-order valence-electron chi connectivity index (χ0n) is 4.79. The topological polar surface area (TPSA) is 42.3 Å². The number of isocyanates is 1. The van der Waals surface area contributed by atoms with Crippen LogP contribution in [0.4, 0.5) is 5.00 Å². The number of hydrogen-bond acceptors (Lipinski definition) is 4. The summed E-state index contributed by atoms with van der Waals surface area (Å²) in [6.07, 6.45) is 3.12. The molecule has 0 bridgehead atoms. The molecule has 0 amide bonds. The van der Waals surface area contributed by atoms with Crippen LogP contribution in [0.2, 0.25) is 0 Å². The Morgan fingerprint density at radius 3 is 3.11 bits per heavy atom. The number of aliphatic imine (C=N–C) groups is 1. The molecule has 46 valence electrons. The molecule has 9 heavy (non-hydrogen) atoms. The predicted octanol–water partition coefficient (Wildman–Crippen LogP) is 1.42. The van der Waals surface area contributed by atoms with E-state index in [1.807, 2.05) is 6.92 Å². The molecule has 0 aliphatic rings. The third-order valence-corrected chi connectivity index (χ3v) is 1.67. The van der Waals surface area contributed by atoms with Crippen LogP contribution in [-0.4, -0.2) is 10.5 Å². The molecule has 0 aromatic carbocycles. The molecule has 3 nitrogen and oxygen atoms in total. The van der Waals surface area contributed by atoms with Gasteiger partial charge in [-0.1, -0.05) is 0 Å². The Morgan fingerprint density at radius 1 is 1.89 bits per heavy atom. The number of aryl methyl sites for hydroxylation is 1. The number of rotatable bonds is 1. The molecule has 0 aliphatic heterocycles. The summed E-state index contributed by atoms with van der Waals surface area (Å²) < 4.78 is 3.81. The summed E-state index contributed by atoms with van der Waals surface area (Å²) >= 11 is 1.19. The number of aromatic nitrogens is 1. The fourth-order valence-electron chi connectivity index (χ4n) is 0.433. The third kappa shape index (κ3) is 1.22. The fourth-order valence-corrected chi connectivity index (χ4v) is 1.02. The molecule has 0 N–H and O–H groups in total. The summed E-state index contributed by atoms with van der Waals surface area (Å²) in [5.41, 5.74) is 0.920. The monoisotopic (exact) mass is 140 g/mol. The molecular formula is C5H4N2OS. The van der Waals surface area contributed by atoms with E-state index < -0.39 is 0 Å². The number of nitrogens with zero attached hydrogens (tertiary/aromatic N) is 2. The van der Waals surface area contributed by atoms with E-state index in [9.17, 15) is 4.79 Å². The molecule has 0 radical (unpaired) electrons. The first-order valence-corrected chi connectivity index (χ1v) is 3.11. The lowest BCUT2D eigenvalue weighted by atomic mass is 10.4. The second-order valence-corrected chi connectivity index (χ2v) is 2.30. The molecule has 0 spiro atoms. The Balaban J connectivity index is 3.07. The highest BCUT2D eigenvalue weighted by Crippen LogP contribution is 2.21. The molecule has 1 aromatic rings. The smallest absolute Gasteiger partial charge is 0.211 e. The van der Waals surface area contributed by atoms with Gasteiger partial charge in [-0.2, -0.15) is 9.37 Å². The van der Waals surface area contributed by atoms with Crippen molar-refractivity contribution < 1.29 is 4.79 Å². The van der Waals surface area contributed by atoms with Crippen LogP contribution in [0.5, 0.6) is 0 Å². The highest BCUT2D eigenvalue weighted by atomic mass is 32.1. The van der Waals surface area contributed by atoms with E-state index in [1.54, 1.807) is 6.20 Å².